The number of aryl methyl sites for hydroxylation is 1. The molecule has 1 aliphatic rings. The Balaban J connectivity index is 1.27. The van der Waals surface area contributed by atoms with Gasteiger partial charge in [0, 0.05) is 34.9 Å². The molecule has 5 rings (SSSR count). The number of rotatable bonds is 6. The van der Waals surface area contributed by atoms with Crippen molar-refractivity contribution in [2.45, 2.75) is 32.2 Å². The van der Waals surface area contributed by atoms with Crippen LogP contribution in [0.25, 0.3) is 22.5 Å². The van der Waals surface area contributed by atoms with Crippen molar-refractivity contribution in [3.63, 3.8) is 0 Å². The SMILES string of the molecule is Cc1onc(-c2ccccc2)c1-c1csc(C2CCN(Cc3csc([N+](=O)[O-])c3)CC2)n1. The van der Waals surface area contributed by atoms with Gasteiger partial charge in [0.25, 0.3) is 0 Å². The molecule has 1 aliphatic heterocycles. The number of nitro groups is 1. The molecule has 32 heavy (non-hydrogen) atoms. The Labute approximate surface area is 193 Å². The molecule has 0 unspecified atom stereocenters. The Hall–Kier alpha value is -2.88. The first kappa shape index (κ1) is 21.0. The molecule has 7 nitrogen and oxygen atoms in total. The maximum Gasteiger partial charge on any atom is 0.324 e. The molecular formula is C23H22N4O3S2. The number of hydrogen-bond donors (Lipinski definition) is 0. The second-order valence-corrected chi connectivity index (χ2v) is 9.78. The van der Waals surface area contributed by atoms with Crippen molar-refractivity contribution in [3.05, 3.63) is 73.6 Å². The third kappa shape index (κ3) is 4.23. The summed E-state index contributed by atoms with van der Waals surface area (Å²) in [7, 11) is 0. The quantitative estimate of drug-likeness (QED) is 0.251. The Morgan fingerprint density at radius 2 is 1.97 bits per heavy atom. The number of benzene rings is 1. The van der Waals surface area contributed by atoms with E-state index in [0.717, 1.165) is 71.3 Å². The van der Waals surface area contributed by atoms with Gasteiger partial charge >= 0.3 is 5.00 Å². The van der Waals surface area contributed by atoms with Gasteiger partial charge in [0.15, 0.2) is 0 Å². The summed E-state index contributed by atoms with van der Waals surface area (Å²) in [6, 6.07) is 11.7. The van der Waals surface area contributed by atoms with Gasteiger partial charge in [0.05, 0.1) is 21.2 Å². The maximum absolute atomic E-state index is 10.9. The minimum Gasteiger partial charge on any atom is -0.360 e. The average Bonchev–Trinajstić information content (AvgIpc) is 3.55. The van der Waals surface area contributed by atoms with Gasteiger partial charge in [0.1, 0.15) is 11.5 Å². The van der Waals surface area contributed by atoms with Crippen LogP contribution in [0, 0.1) is 17.0 Å². The van der Waals surface area contributed by atoms with Crippen LogP contribution in [0.1, 0.15) is 35.1 Å². The molecule has 0 radical (unpaired) electrons. The summed E-state index contributed by atoms with van der Waals surface area (Å²) in [5.74, 6) is 1.21. The van der Waals surface area contributed by atoms with E-state index in [0.29, 0.717) is 5.92 Å². The first-order valence-corrected chi connectivity index (χ1v) is 12.3. The molecule has 1 aromatic carbocycles. The third-order valence-corrected chi connectivity index (χ3v) is 7.79. The fraction of sp³-hybridized carbons (Fsp3) is 0.304. The molecule has 3 aromatic heterocycles. The molecule has 0 amide bonds. The Kier molecular flexibility index (Phi) is 5.86. The van der Waals surface area contributed by atoms with Gasteiger partial charge in [-0.25, -0.2) is 4.98 Å². The molecule has 164 valence electrons. The summed E-state index contributed by atoms with van der Waals surface area (Å²) in [6.45, 7) is 4.62. The second kappa shape index (κ2) is 8.93. The van der Waals surface area contributed by atoms with E-state index in [2.05, 4.69) is 15.4 Å². The second-order valence-electron chi connectivity index (χ2n) is 8.00. The zero-order chi connectivity index (χ0) is 22.1. The fourth-order valence-electron chi connectivity index (χ4n) is 4.19. The summed E-state index contributed by atoms with van der Waals surface area (Å²) < 4.78 is 5.51. The molecule has 0 N–H and O–H groups in total. The number of thiophene rings is 1. The van der Waals surface area contributed by atoms with Crippen molar-refractivity contribution in [1.29, 1.82) is 0 Å². The largest absolute Gasteiger partial charge is 0.360 e. The molecule has 9 heteroatoms. The van der Waals surface area contributed by atoms with Crippen LogP contribution in [-0.4, -0.2) is 33.1 Å². The minimum atomic E-state index is -0.319. The van der Waals surface area contributed by atoms with Gasteiger partial charge in [0.2, 0.25) is 0 Å². The molecule has 1 fully saturated rings. The van der Waals surface area contributed by atoms with E-state index < -0.39 is 0 Å². The van der Waals surface area contributed by atoms with E-state index in [1.807, 2.05) is 42.6 Å². The van der Waals surface area contributed by atoms with Gasteiger partial charge in [-0.15, -0.1) is 11.3 Å². The van der Waals surface area contributed by atoms with Crippen LogP contribution >= 0.6 is 22.7 Å². The van der Waals surface area contributed by atoms with E-state index in [-0.39, 0.29) is 9.92 Å². The average molecular weight is 467 g/mol. The van der Waals surface area contributed by atoms with Gasteiger partial charge in [-0.1, -0.05) is 46.8 Å². The Morgan fingerprint density at radius 1 is 1.19 bits per heavy atom. The molecule has 0 saturated carbocycles. The lowest BCUT2D eigenvalue weighted by Crippen LogP contribution is -2.32. The standard InChI is InChI=1S/C23H22N4O3S2/c1-15-21(22(25-30-15)17-5-3-2-4-6-17)19-14-32-23(24-19)18-7-9-26(10-8-18)12-16-11-20(27(28)29)31-13-16/h2-6,11,13-14,18H,7-10,12H2,1H3. The Morgan fingerprint density at radius 3 is 2.69 bits per heavy atom. The highest BCUT2D eigenvalue weighted by atomic mass is 32.1. The number of hydrogen-bond acceptors (Lipinski definition) is 8. The monoisotopic (exact) mass is 466 g/mol. The van der Waals surface area contributed by atoms with Crippen LogP contribution in [0.15, 0.2) is 51.7 Å². The van der Waals surface area contributed by atoms with Gasteiger partial charge in [-0.2, -0.15) is 0 Å². The number of thiazole rings is 1. The van der Waals surface area contributed by atoms with E-state index in [1.54, 1.807) is 17.4 Å². The normalized spacial score (nSPS) is 15.3. The maximum atomic E-state index is 10.9. The van der Waals surface area contributed by atoms with Gasteiger partial charge in [-0.3, -0.25) is 15.0 Å². The van der Waals surface area contributed by atoms with Crippen molar-refractivity contribution in [3.8, 4) is 22.5 Å². The summed E-state index contributed by atoms with van der Waals surface area (Å²) in [4.78, 5) is 17.9. The van der Waals surface area contributed by atoms with E-state index in [1.165, 1.54) is 11.3 Å². The first-order valence-electron chi connectivity index (χ1n) is 10.5. The van der Waals surface area contributed by atoms with Crippen LogP contribution in [0.4, 0.5) is 5.00 Å². The zero-order valence-electron chi connectivity index (χ0n) is 17.6. The topological polar surface area (TPSA) is 85.3 Å². The zero-order valence-corrected chi connectivity index (χ0v) is 19.2. The van der Waals surface area contributed by atoms with Crippen LogP contribution in [0.3, 0.4) is 0 Å². The van der Waals surface area contributed by atoms with Crippen LogP contribution in [0.5, 0.6) is 0 Å². The van der Waals surface area contributed by atoms with Crippen molar-refractivity contribution >= 4 is 27.7 Å². The smallest absolute Gasteiger partial charge is 0.324 e. The van der Waals surface area contributed by atoms with Crippen molar-refractivity contribution in [1.82, 2.24) is 15.0 Å². The van der Waals surface area contributed by atoms with Crippen LogP contribution < -0.4 is 0 Å². The minimum absolute atomic E-state index is 0.212. The first-order chi connectivity index (χ1) is 15.6. The van der Waals surface area contributed by atoms with Crippen molar-refractivity contribution < 1.29 is 9.45 Å². The predicted octanol–water partition coefficient (Wildman–Crippen LogP) is 6.12. The molecule has 0 aliphatic carbocycles. The van der Waals surface area contributed by atoms with E-state index in [9.17, 15) is 10.1 Å². The van der Waals surface area contributed by atoms with E-state index >= 15 is 0 Å². The lowest BCUT2D eigenvalue weighted by molar-refractivity contribution is -0.380. The fourth-order valence-corrected chi connectivity index (χ4v) is 5.90. The van der Waals surface area contributed by atoms with Crippen LogP contribution in [0.2, 0.25) is 0 Å². The van der Waals surface area contributed by atoms with E-state index in [4.69, 9.17) is 9.51 Å². The highest BCUT2D eigenvalue weighted by molar-refractivity contribution is 7.13. The van der Waals surface area contributed by atoms with Crippen molar-refractivity contribution in [2.24, 2.45) is 0 Å². The lowest BCUT2D eigenvalue weighted by atomic mass is 9.97. The summed E-state index contributed by atoms with van der Waals surface area (Å²) in [5, 5.41) is 20.6. The molecular weight excluding hydrogens is 444 g/mol. The molecule has 0 atom stereocenters. The highest BCUT2D eigenvalue weighted by Gasteiger charge is 2.25. The Bertz CT molecular complexity index is 1220. The summed E-state index contributed by atoms with van der Waals surface area (Å²) in [6.07, 6.45) is 2.07. The summed E-state index contributed by atoms with van der Waals surface area (Å²) >= 11 is 2.91. The van der Waals surface area contributed by atoms with Gasteiger partial charge in [-0.05, 0) is 38.4 Å². The molecule has 4 heterocycles. The number of nitrogens with zero attached hydrogens (tertiary/aromatic N) is 4. The highest BCUT2D eigenvalue weighted by Crippen LogP contribution is 2.38. The van der Waals surface area contributed by atoms with Crippen LogP contribution in [-0.2, 0) is 6.54 Å². The predicted molar refractivity (Wildman–Crippen MR) is 126 cm³/mol. The molecule has 0 spiro atoms. The summed E-state index contributed by atoms with van der Waals surface area (Å²) in [5.41, 5.74) is 4.77. The molecule has 4 aromatic rings. The lowest BCUT2D eigenvalue weighted by Gasteiger charge is -2.30. The van der Waals surface area contributed by atoms with Crippen molar-refractivity contribution in [2.75, 3.05) is 13.1 Å². The number of likely N-dealkylation sites (tertiary alicyclic amines) is 1. The molecule has 1 saturated heterocycles. The number of aromatic nitrogens is 2. The molecule has 0 bridgehead atoms. The van der Waals surface area contributed by atoms with Gasteiger partial charge < -0.3 is 4.52 Å². The third-order valence-electron chi connectivity index (χ3n) is 5.85. The number of piperidine rings is 1.